The predicted octanol–water partition coefficient (Wildman–Crippen LogP) is 4.17. The Morgan fingerprint density at radius 2 is 1.85 bits per heavy atom. The lowest BCUT2D eigenvalue weighted by molar-refractivity contribution is -0.113. The predicted molar refractivity (Wildman–Crippen MR) is 105 cm³/mol. The number of thioether (sulfide) groups is 1. The van der Waals surface area contributed by atoms with Crippen molar-refractivity contribution in [3.05, 3.63) is 65.2 Å². The summed E-state index contributed by atoms with van der Waals surface area (Å²) in [5, 5.41) is 14.3. The SMILES string of the molecule is O=C(CSc1nnc(NC(=O)c2ccccc2)s1)Nc1cccc(Cl)c1. The van der Waals surface area contributed by atoms with Crippen LogP contribution in [-0.2, 0) is 4.79 Å². The van der Waals surface area contributed by atoms with Crippen LogP contribution in [-0.4, -0.2) is 27.8 Å². The molecule has 2 N–H and O–H groups in total. The van der Waals surface area contributed by atoms with Crippen molar-refractivity contribution >= 4 is 57.3 Å². The number of hydrogen-bond acceptors (Lipinski definition) is 6. The van der Waals surface area contributed by atoms with Gasteiger partial charge in [0.1, 0.15) is 0 Å². The zero-order chi connectivity index (χ0) is 18.4. The van der Waals surface area contributed by atoms with Crippen LogP contribution in [0.25, 0.3) is 0 Å². The van der Waals surface area contributed by atoms with Gasteiger partial charge in [0.25, 0.3) is 5.91 Å². The lowest BCUT2D eigenvalue weighted by Crippen LogP contribution is -2.13. The van der Waals surface area contributed by atoms with Gasteiger partial charge in [-0.05, 0) is 30.3 Å². The van der Waals surface area contributed by atoms with Gasteiger partial charge in [-0.1, -0.05) is 59.0 Å². The quantitative estimate of drug-likeness (QED) is 0.475. The Balaban J connectivity index is 1.50. The molecule has 0 saturated carbocycles. The van der Waals surface area contributed by atoms with Crippen molar-refractivity contribution in [1.29, 1.82) is 0 Å². The number of rotatable bonds is 6. The largest absolute Gasteiger partial charge is 0.325 e. The summed E-state index contributed by atoms with van der Waals surface area (Å²) in [6.07, 6.45) is 0. The molecule has 0 radical (unpaired) electrons. The average Bonchev–Trinajstić information content (AvgIpc) is 3.08. The molecule has 0 atom stereocenters. The molecule has 6 nitrogen and oxygen atoms in total. The molecule has 0 bridgehead atoms. The summed E-state index contributed by atoms with van der Waals surface area (Å²) in [6.45, 7) is 0. The van der Waals surface area contributed by atoms with Crippen LogP contribution in [0.2, 0.25) is 5.02 Å². The van der Waals surface area contributed by atoms with E-state index in [1.54, 1.807) is 48.5 Å². The Morgan fingerprint density at radius 3 is 2.62 bits per heavy atom. The number of anilines is 2. The van der Waals surface area contributed by atoms with Gasteiger partial charge in [-0.2, -0.15) is 0 Å². The fraction of sp³-hybridized carbons (Fsp3) is 0.0588. The highest BCUT2D eigenvalue weighted by atomic mass is 35.5. The lowest BCUT2D eigenvalue weighted by atomic mass is 10.2. The first-order valence-corrected chi connectivity index (χ1v) is 9.66. The second-order valence-electron chi connectivity index (χ2n) is 5.04. The molecule has 1 heterocycles. The van der Waals surface area contributed by atoms with E-state index >= 15 is 0 Å². The van der Waals surface area contributed by atoms with Crippen molar-refractivity contribution in [3.8, 4) is 0 Å². The second kappa shape index (κ2) is 8.79. The van der Waals surface area contributed by atoms with Crippen LogP contribution in [0.15, 0.2) is 58.9 Å². The second-order valence-corrected chi connectivity index (χ2v) is 7.68. The monoisotopic (exact) mass is 404 g/mol. The molecule has 2 aromatic carbocycles. The molecule has 2 amide bonds. The Morgan fingerprint density at radius 1 is 1.04 bits per heavy atom. The van der Waals surface area contributed by atoms with Crippen molar-refractivity contribution in [1.82, 2.24) is 10.2 Å². The molecule has 0 aliphatic carbocycles. The summed E-state index contributed by atoms with van der Waals surface area (Å²) in [5.41, 5.74) is 1.17. The van der Waals surface area contributed by atoms with Gasteiger partial charge in [0.2, 0.25) is 11.0 Å². The third-order valence-corrected chi connectivity index (χ3v) is 5.31. The molecule has 0 fully saturated rings. The van der Waals surface area contributed by atoms with Crippen LogP contribution < -0.4 is 10.6 Å². The van der Waals surface area contributed by atoms with E-state index < -0.39 is 0 Å². The minimum Gasteiger partial charge on any atom is -0.325 e. The standard InChI is InChI=1S/C17H13ClN4O2S2/c18-12-7-4-8-13(9-12)19-14(23)10-25-17-22-21-16(26-17)20-15(24)11-5-2-1-3-6-11/h1-9H,10H2,(H,19,23)(H,20,21,24). The topological polar surface area (TPSA) is 84.0 Å². The maximum atomic E-state index is 12.1. The van der Waals surface area contributed by atoms with Gasteiger partial charge < -0.3 is 5.32 Å². The highest BCUT2D eigenvalue weighted by Gasteiger charge is 2.11. The van der Waals surface area contributed by atoms with E-state index in [1.165, 1.54) is 23.1 Å². The Labute approximate surface area is 163 Å². The van der Waals surface area contributed by atoms with Crippen molar-refractivity contribution in [2.75, 3.05) is 16.4 Å². The van der Waals surface area contributed by atoms with Crippen LogP contribution in [0.3, 0.4) is 0 Å². The summed E-state index contributed by atoms with van der Waals surface area (Å²) >= 11 is 8.34. The smallest absolute Gasteiger partial charge is 0.257 e. The Hall–Kier alpha value is -2.42. The van der Waals surface area contributed by atoms with Gasteiger partial charge in [0.15, 0.2) is 4.34 Å². The molecule has 3 aromatic rings. The van der Waals surface area contributed by atoms with Crippen molar-refractivity contribution in [2.45, 2.75) is 4.34 Å². The fourth-order valence-corrected chi connectivity index (χ4v) is 3.71. The minimum absolute atomic E-state index is 0.174. The molecule has 9 heteroatoms. The molecular weight excluding hydrogens is 392 g/mol. The summed E-state index contributed by atoms with van der Waals surface area (Å²) in [4.78, 5) is 24.0. The van der Waals surface area contributed by atoms with Gasteiger partial charge in [-0.15, -0.1) is 10.2 Å². The van der Waals surface area contributed by atoms with E-state index in [4.69, 9.17) is 11.6 Å². The first-order valence-electron chi connectivity index (χ1n) is 7.48. The van der Waals surface area contributed by atoms with E-state index in [1.807, 2.05) is 6.07 Å². The number of halogens is 1. The van der Waals surface area contributed by atoms with Gasteiger partial charge >= 0.3 is 0 Å². The van der Waals surface area contributed by atoms with Crippen LogP contribution in [0.4, 0.5) is 10.8 Å². The van der Waals surface area contributed by atoms with Crippen molar-refractivity contribution < 1.29 is 9.59 Å². The van der Waals surface area contributed by atoms with E-state index in [0.29, 0.717) is 25.7 Å². The van der Waals surface area contributed by atoms with Gasteiger partial charge in [-0.25, -0.2) is 0 Å². The molecule has 0 aliphatic heterocycles. The molecule has 0 unspecified atom stereocenters. The first-order chi connectivity index (χ1) is 12.6. The Bertz CT molecular complexity index is 918. The fourth-order valence-electron chi connectivity index (χ4n) is 1.97. The molecule has 1 aromatic heterocycles. The van der Waals surface area contributed by atoms with E-state index in [2.05, 4.69) is 20.8 Å². The normalized spacial score (nSPS) is 10.3. The number of nitrogens with zero attached hydrogens (tertiary/aromatic N) is 2. The van der Waals surface area contributed by atoms with Gasteiger partial charge in [0, 0.05) is 16.3 Å². The Kier molecular flexibility index (Phi) is 6.21. The number of hydrogen-bond donors (Lipinski definition) is 2. The van der Waals surface area contributed by atoms with Gasteiger partial charge in [-0.3, -0.25) is 14.9 Å². The van der Waals surface area contributed by atoms with Crippen molar-refractivity contribution in [2.24, 2.45) is 0 Å². The summed E-state index contributed by atoms with van der Waals surface area (Å²) in [6, 6.07) is 15.8. The summed E-state index contributed by atoms with van der Waals surface area (Å²) in [7, 11) is 0. The molecule has 132 valence electrons. The summed E-state index contributed by atoms with van der Waals surface area (Å²) in [5.74, 6) is -0.257. The van der Waals surface area contributed by atoms with E-state index in [9.17, 15) is 9.59 Å². The highest BCUT2D eigenvalue weighted by Crippen LogP contribution is 2.26. The number of carbonyl (C=O) groups is 2. The van der Waals surface area contributed by atoms with Crippen LogP contribution in [0, 0.1) is 0 Å². The first kappa shape index (κ1) is 18.4. The zero-order valence-electron chi connectivity index (χ0n) is 13.3. The maximum absolute atomic E-state index is 12.1. The average molecular weight is 405 g/mol. The van der Waals surface area contributed by atoms with Gasteiger partial charge in [0.05, 0.1) is 5.75 Å². The van der Waals surface area contributed by atoms with Crippen LogP contribution >= 0.6 is 34.7 Å². The molecular formula is C17H13ClN4O2S2. The molecule has 0 aliphatic rings. The minimum atomic E-state index is -0.253. The third kappa shape index (κ3) is 5.29. The summed E-state index contributed by atoms with van der Waals surface area (Å²) < 4.78 is 0.592. The molecule has 26 heavy (non-hydrogen) atoms. The molecule has 0 spiro atoms. The van der Waals surface area contributed by atoms with Crippen LogP contribution in [0.5, 0.6) is 0 Å². The van der Waals surface area contributed by atoms with Crippen molar-refractivity contribution in [3.63, 3.8) is 0 Å². The third-order valence-electron chi connectivity index (χ3n) is 3.10. The van der Waals surface area contributed by atoms with Crippen LogP contribution in [0.1, 0.15) is 10.4 Å². The maximum Gasteiger partial charge on any atom is 0.257 e. The highest BCUT2D eigenvalue weighted by molar-refractivity contribution is 8.01. The number of nitrogens with one attached hydrogen (secondary N) is 2. The molecule has 3 rings (SSSR count). The van der Waals surface area contributed by atoms with E-state index in [0.717, 1.165) is 0 Å². The number of carbonyl (C=O) groups excluding carboxylic acids is 2. The van der Waals surface area contributed by atoms with E-state index in [-0.39, 0.29) is 17.6 Å². The zero-order valence-corrected chi connectivity index (χ0v) is 15.7. The number of aromatic nitrogens is 2. The number of benzene rings is 2. The molecule has 0 saturated heterocycles. The number of amides is 2. The lowest BCUT2D eigenvalue weighted by Gasteiger charge is -2.04.